The van der Waals surface area contributed by atoms with Crippen molar-refractivity contribution in [1.82, 2.24) is 9.88 Å². The average molecular weight is 314 g/mol. The molecule has 0 radical (unpaired) electrons. The Hall–Kier alpha value is -2.30. The van der Waals surface area contributed by atoms with Gasteiger partial charge >= 0.3 is 5.97 Å². The van der Waals surface area contributed by atoms with E-state index in [0.29, 0.717) is 32.4 Å². The lowest BCUT2D eigenvalue weighted by atomic mass is 9.96. The first-order valence-corrected chi connectivity index (χ1v) is 8.09. The minimum atomic E-state index is -0.157. The minimum Gasteiger partial charge on any atom is -0.469 e. The molecule has 23 heavy (non-hydrogen) atoms. The Morgan fingerprint density at radius 2 is 2.00 bits per heavy atom. The fourth-order valence-corrected chi connectivity index (χ4v) is 3.27. The van der Waals surface area contributed by atoms with Gasteiger partial charge in [0.1, 0.15) is 0 Å². The predicted octanol–water partition coefficient (Wildman–Crippen LogP) is 2.51. The maximum absolute atomic E-state index is 12.4. The summed E-state index contributed by atoms with van der Waals surface area (Å²) in [7, 11) is 1.42. The molecule has 0 spiro atoms. The highest BCUT2D eigenvalue weighted by atomic mass is 16.5. The molecular formula is C18H22N2O3. The second-order valence-electron chi connectivity index (χ2n) is 6.04. The number of aryl methyl sites for hydroxylation is 1. The van der Waals surface area contributed by atoms with Crippen LogP contribution in [0.2, 0.25) is 0 Å². The Morgan fingerprint density at radius 1 is 1.26 bits per heavy atom. The number of para-hydroxylation sites is 1. The van der Waals surface area contributed by atoms with Gasteiger partial charge in [0, 0.05) is 36.6 Å². The summed E-state index contributed by atoms with van der Waals surface area (Å²) >= 11 is 0. The van der Waals surface area contributed by atoms with Gasteiger partial charge in [-0.25, -0.2) is 0 Å². The van der Waals surface area contributed by atoms with Crippen LogP contribution in [0.4, 0.5) is 0 Å². The van der Waals surface area contributed by atoms with Crippen molar-refractivity contribution in [3.8, 4) is 0 Å². The number of aromatic amines is 1. The smallest absolute Gasteiger partial charge is 0.308 e. The van der Waals surface area contributed by atoms with E-state index in [4.69, 9.17) is 4.74 Å². The molecule has 1 N–H and O–H groups in total. The molecule has 1 aromatic carbocycles. The van der Waals surface area contributed by atoms with Crippen LogP contribution < -0.4 is 0 Å². The van der Waals surface area contributed by atoms with Crippen molar-refractivity contribution in [2.24, 2.45) is 5.92 Å². The molecule has 0 saturated carbocycles. The van der Waals surface area contributed by atoms with Gasteiger partial charge in [-0.2, -0.15) is 0 Å². The molecule has 1 saturated heterocycles. The number of H-pyrrole nitrogens is 1. The fraction of sp³-hybridized carbons (Fsp3) is 0.444. The van der Waals surface area contributed by atoms with E-state index in [1.165, 1.54) is 18.1 Å². The van der Waals surface area contributed by atoms with Crippen LogP contribution in [0.5, 0.6) is 0 Å². The van der Waals surface area contributed by atoms with Gasteiger partial charge in [-0.15, -0.1) is 0 Å². The van der Waals surface area contributed by atoms with E-state index in [1.54, 1.807) is 0 Å². The number of hydrogen-bond acceptors (Lipinski definition) is 3. The van der Waals surface area contributed by atoms with E-state index in [2.05, 4.69) is 11.1 Å². The number of piperidine rings is 1. The predicted molar refractivity (Wildman–Crippen MR) is 87.9 cm³/mol. The molecular weight excluding hydrogens is 292 g/mol. The second kappa shape index (κ2) is 6.86. The molecule has 1 fully saturated rings. The van der Waals surface area contributed by atoms with Gasteiger partial charge in [0.25, 0.3) is 0 Å². The largest absolute Gasteiger partial charge is 0.469 e. The second-order valence-corrected chi connectivity index (χ2v) is 6.04. The zero-order valence-corrected chi connectivity index (χ0v) is 13.4. The highest BCUT2D eigenvalue weighted by Crippen LogP contribution is 2.21. The van der Waals surface area contributed by atoms with Gasteiger partial charge in [-0.05, 0) is 30.9 Å². The normalized spacial score (nSPS) is 15.8. The molecule has 2 aromatic rings. The summed E-state index contributed by atoms with van der Waals surface area (Å²) in [6, 6.07) is 8.13. The summed E-state index contributed by atoms with van der Waals surface area (Å²) in [5.74, 6) is -0.0489. The van der Waals surface area contributed by atoms with E-state index < -0.39 is 0 Å². The van der Waals surface area contributed by atoms with Gasteiger partial charge in [-0.1, -0.05) is 18.2 Å². The SMILES string of the molecule is COC(=O)C1CCN(C(=O)CCc2c[nH]c3ccccc23)CC1. The van der Waals surface area contributed by atoms with E-state index in [0.717, 1.165) is 11.9 Å². The van der Waals surface area contributed by atoms with E-state index >= 15 is 0 Å². The first-order valence-electron chi connectivity index (χ1n) is 8.09. The minimum absolute atomic E-state index is 0.0577. The van der Waals surface area contributed by atoms with Crippen molar-refractivity contribution in [2.45, 2.75) is 25.7 Å². The lowest BCUT2D eigenvalue weighted by Crippen LogP contribution is -2.40. The van der Waals surface area contributed by atoms with E-state index in [-0.39, 0.29) is 17.8 Å². The zero-order valence-electron chi connectivity index (χ0n) is 13.4. The summed E-state index contributed by atoms with van der Waals surface area (Å²) in [4.78, 5) is 29.0. The standard InChI is InChI=1S/C18H22N2O3/c1-23-18(22)13-8-10-20(11-9-13)17(21)7-6-14-12-19-16-5-3-2-4-15(14)16/h2-5,12-13,19H,6-11H2,1H3. The Labute approximate surface area is 135 Å². The van der Waals surface area contributed by atoms with Crippen LogP contribution in [0.25, 0.3) is 10.9 Å². The Kier molecular flexibility index (Phi) is 4.65. The van der Waals surface area contributed by atoms with Crippen LogP contribution in [0.15, 0.2) is 30.5 Å². The summed E-state index contributed by atoms with van der Waals surface area (Å²) < 4.78 is 4.78. The molecule has 2 heterocycles. The third kappa shape index (κ3) is 3.38. The van der Waals surface area contributed by atoms with Gasteiger partial charge < -0.3 is 14.6 Å². The number of hydrogen-bond donors (Lipinski definition) is 1. The number of esters is 1. The number of rotatable bonds is 4. The topological polar surface area (TPSA) is 62.4 Å². The molecule has 1 aliphatic rings. The summed E-state index contributed by atoms with van der Waals surface area (Å²) in [6.45, 7) is 1.29. The molecule has 0 unspecified atom stereocenters. The quantitative estimate of drug-likeness (QED) is 0.882. The molecule has 5 heteroatoms. The van der Waals surface area contributed by atoms with Crippen LogP contribution in [-0.2, 0) is 20.7 Å². The van der Waals surface area contributed by atoms with Crippen LogP contribution in [-0.4, -0.2) is 42.0 Å². The number of nitrogens with zero attached hydrogens (tertiary/aromatic N) is 1. The number of ether oxygens (including phenoxy) is 1. The molecule has 0 atom stereocenters. The molecule has 1 amide bonds. The Bertz CT molecular complexity index is 699. The highest BCUT2D eigenvalue weighted by Gasteiger charge is 2.27. The van der Waals surface area contributed by atoms with Crippen molar-refractivity contribution in [1.29, 1.82) is 0 Å². The molecule has 122 valence electrons. The molecule has 1 aromatic heterocycles. The van der Waals surface area contributed by atoms with Gasteiger partial charge in [0.15, 0.2) is 0 Å². The van der Waals surface area contributed by atoms with Crippen LogP contribution >= 0.6 is 0 Å². The molecule has 0 bridgehead atoms. The maximum Gasteiger partial charge on any atom is 0.308 e. The molecule has 0 aliphatic carbocycles. The lowest BCUT2D eigenvalue weighted by molar-refractivity contribution is -0.148. The van der Waals surface area contributed by atoms with Gasteiger partial charge in [0.2, 0.25) is 5.91 Å². The third-order valence-electron chi connectivity index (χ3n) is 4.67. The van der Waals surface area contributed by atoms with Crippen LogP contribution in [0, 0.1) is 5.92 Å². The summed E-state index contributed by atoms with van der Waals surface area (Å²) in [5, 5.41) is 1.18. The first kappa shape index (κ1) is 15.6. The molecule has 3 rings (SSSR count). The van der Waals surface area contributed by atoms with Crippen molar-refractivity contribution in [3.05, 3.63) is 36.0 Å². The number of likely N-dealkylation sites (tertiary alicyclic amines) is 1. The summed E-state index contributed by atoms with van der Waals surface area (Å²) in [6.07, 6.45) is 4.63. The van der Waals surface area contributed by atoms with E-state index in [1.807, 2.05) is 29.3 Å². The fourth-order valence-electron chi connectivity index (χ4n) is 3.27. The number of nitrogens with one attached hydrogen (secondary N) is 1. The summed E-state index contributed by atoms with van der Waals surface area (Å²) in [5.41, 5.74) is 2.28. The number of carbonyl (C=O) groups excluding carboxylic acids is 2. The van der Waals surface area contributed by atoms with Crippen molar-refractivity contribution < 1.29 is 14.3 Å². The zero-order chi connectivity index (χ0) is 16.2. The first-order chi connectivity index (χ1) is 11.2. The number of methoxy groups -OCH3 is 1. The number of carbonyl (C=O) groups is 2. The molecule has 1 aliphatic heterocycles. The van der Waals surface area contributed by atoms with E-state index in [9.17, 15) is 9.59 Å². The Morgan fingerprint density at radius 3 is 2.74 bits per heavy atom. The number of aromatic nitrogens is 1. The lowest BCUT2D eigenvalue weighted by Gasteiger charge is -2.30. The number of fused-ring (bicyclic) bond motifs is 1. The monoisotopic (exact) mass is 314 g/mol. The van der Waals surface area contributed by atoms with Crippen molar-refractivity contribution >= 4 is 22.8 Å². The Balaban J connectivity index is 1.53. The number of amides is 1. The van der Waals surface area contributed by atoms with Crippen molar-refractivity contribution in [2.75, 3.05) is 20.2 Å². The molecule has 5 nitrogen and oxygen atoms in total. The van der Waals surface area contributed by atoms with Crippen LogP contribution in [0.3, 0.4) is 0 Å². The highest BCUT2D eigenvalue weighted by molar-refractivity contribution is 5.84. The van der Waals surface area contributed by atoms with Crippen molar-refractivity contribution in [3.63, 3.8) is 0 Å². The average Bonchev–Trinajstić information content (AvgIpc) is 3.02. The maximum atomic E-state index is 12.4. The van der Waals surface area contributed by atoms with Crippen LogP contribution in [0.1, 0.15) is 24.8 Å². The van der Waals surface area contributed by atoms with Gasteiger partial charge in [0.05, 0.1) is 13.0 Å². The number of benzene rings is 1. The van der Waals surface area contributed by atoms with Gasteiger partial charge in [-0.3, -0.25) is 9.59 Å². The third-order valence-corrected chi connectivity index (χ3v) is 4.67.